The average Bonchev–Trinajstić information content (AvgIpc) is 3.11. The van der Waals surface area contributed by atoms with Gasteiger partial charge in [-0.1, -0.05) is 36.4 Å². The minimum Gasteiger partial charge on any atom is -0.348 e. The maximum absolute atomic E-state index is 4.09. The first kappa shape index (κ1) is 19.9. The highest BCUT2D eigenvalue weighted by Gasteiger charge is 2.10. The molecule has 0 radical (unpaired) electrons. The summed E-state index contributed by atoms with van der Waals surface area (Å²) in [6, 6.07) is 16.9. The first-order chi connectivity index (χ1) is 13.5. The molecule has 0 fully saturated rings. The van der Waals surface area contributed by atoms with E-state index in [2.05, 4.69) is 95.9 Å². The quantitative estimate of drug-likeness (QED) is 0.516. The second kappa shape index (κ2) is 8.44. The predicted molar refractivity (Wildman–Crippen MR) is 122 cm³/mol. The summed E-state index contributed by atoms with van der Waals surface area (Å²) in [5.41, 5.74) is 7.82. The van der Waals surface area contributed by atoms with E-state index in [9.17, 15) is 0 Å². The molecule has 1 N–H and O–H groups in total. The number of hydrogen-bond acceptors (Lipinski definition) is 2. The number of aryl methyl sites for hydroxylation is 2. The Hall–Kier alpha value is -2.85. The van der Waals surface area contributed by atoms with E-state index in [1.165, 1.54) is 44.3 Å². The molecule has 146 valence electrons. The molecule has 4 rings (SSSR count). The fraction of sp³-hybridized carbons (Fsp3) is 0.292. The van der Waals surface area contributed by atoms with Crippen LogP contribution >= 0.6 is 0 Å². The van der Waals surface area contributed by atoms with E-state index in [-0.39, 0.29) is 0 Å². The second-order valence-corrected chi connectivity index (χ2v) is 7.13. The Bertz CT molecular complexity index is 1130. The van der Waals surface area contributed by atoms with Crippen LogP contribution in [0.15, 0.2) is 53.5 Å². The highest BCUT2D eigenvalue weighted by molar-refractivity contribution is 6.01. The highest BCUT2D eigenvalue weighted by atomic mass is 15.0. The van der Waals surface area contributed by atoms with Crippen LogP contribution in [-0.4, -0.2) is 29.4 Å². The summed E-state index contributed by atoms with van der Waals surface area (Å²) in [5, 5.41) is 5.86. The van der Waals surface area contributed by atoms with Gasteiger partial charge in [-0.2, -0.15) is 0 Å². The molecule has 4 aromatic rings. The van der Waals surface area contributed by atoms with Crippen LogP contribution in [0.3, 0.4) is 0 Å². The normalized spacial score (nSPS) is 11.4. The zero-order valence-electron chi connectivity index (χ0n) is 17.7. The van der Waals surface area contributed by atoms with Gasteiger partial charge in [-0.25, -0.2) is 0 Å². The van der Waals surface area contributed by atoms with Crippen LogP contribution in [0.4, 0.5) is 0 Å². The van der Waals surface area contributed by atoms with Crippen LogP contribution in [0.25, 0.3) is 21.8 Å². The molecule has 0 spiro atoms. The molecule has 2 aromatic heterocycles. The summed E-state index contributed by atoms with van der Waals surface area (Å²) in [6.07, 6.45) is 1.93. The molecule has 0 aliphatic rings. The van der Waals surface area contributed by atoms with Gasteiger partial charge in [0.25, 0.3) is 0 Å². The van der Waals surface area contributed by atoms with E-state index in [1.54, 1.807) is 7.05 Å². The van der Waals surface area contributed by atoms with Gasteiger partial charge in [-0.3, -0.25) is 4.99 Å². The molecular formula is C24H30N4. The largest absolute Gasteiger partial charge is 0.348 e. The Morgan fingerprint density at radius 2 is 1.39 bits per heavy atom. The van der Waals surface area contributed by atoms with Crippen LogP contribution < -0.4 is 5.32 Å². The van der Waals surface area contributed by atoms with Crippen molar-refractivity contribution < 1.29 is 0 Å². The fourth-order valence-electron chi connectivity index (χ4n) is 3.84. The van der Waals surface area contributed by atoms with Crippen molar-refractivity contribution in [3.8, 4) is 0 Å². The third-order valence-corrected chi connectivity index (χ3v) is 5.59. The van der Waals surface area contributed by atoms with Crippen LogP contribution in [0.2, 0.25) is 0 Å². The van der Waals surface area contributed by atoms with E-state index >= 15 is 0 Å². The number of para-hydroxylation sites is 2. The first-order valence-electron chi connectivity index (χ1n) is 9.64. The van der Waals surface area contributed by atoms with E-state index in [0.717, 1.165) is 6.54 Å². The molecule has 0 aliphatic heterocycles. The first-order valence-corrected chi connectivity index (χ1v) is 9.64. The van der Waals surface area contributed by atoms with Gasteiger partial charge in [0.1, 0.15) is 0 Å². The van der Waals surface area contributed by atoms with Crippen LogP contribution in [0, 0.1) is 13.8 Å². The van der Waals surface area contributed by atoms with Crippen molar-refractivity contribution in [2.75, 3.05) is 14.1 Å². The predicted octanol–water partition coefficient (Wildman–Crippen LogP) is 4.74. The van der Waals surface area contributed by atoms with Gasteiger partial charge in [0.15, 0.2) is 0 Å². The molecule has 0 amide bonds. The number of hydrogen-bond donors (Lipinski definition) is 1. The number of nitrogens with one attached hydrogen (secondary N) is 1. The van der Waals surface area contributed by atoms with Gasteiger partial charge in [0.2, 0.25) is 0 Å². The van der Waals surface area contributed by atoms with Gasteiger partial charge in [-0.15, -0.1) is 0 Å². The van der Waals surface area contributed by atoms with E-state index in [4.69, 9.17) is 0 Å². The van der Waals surface area contributed by atoms with Crippen molar-refractivity contribution >= 4 is 28.0 Å². The standard InChI is InChI=1S/C12H16N2.C12H14N2/c2*1-9-11(8-13-2)10-6-4-5-7-12(10)14(9)3/h4-7,13H,8H2,1-3H3;4-8H,1-3H3/b;13-8-. The number of fused-ring (bicyclic) bond motifs is 2. The highest BCUT2D eigenvalue weighted by Crippen LogP contribution is 2.24. The van der Waals surface area contributed by atoms with Crippen molar-refractivity contribution in [2.24, 2.45) is 19.1 Å². The van der Waals surface area contributed by atoms with E-state index in [0.29, 0.717) is 0 Å². The topological polar surface area (TPSA) is 34.2 Å². The van der Waals surface area contributed by atoms with Crippen molar-refractivity contribution in [1.82, 2.24) is 14.5 Å². The molecule has 28 heavy (non-hydrogen) atoms. The summed E-state index contributed by atoms with van der Waals surface area (Å²) >= 11 is 0. The monoisotopic (exact) mass is 374 g/mol. The van der Waals surface area contributed by atoms with Gasteiger partial charge in [0.05, 0.1) is 0 Å². The molecule has 0 unspecified atom stereocenters. The van der Waals surface area contributed by atoms with Gasteiger partial charge in [-0.05, 0) is 38.6 Å². The average molecular weight is 375 g/mol. The fourth-order valence-corrected chi connectivity index (χ4v) is 3.84. The van der Waals surface area contributed by atoms with E-state index in [1.807, 2.05) is 13.3 Å². The smallest absolute Gasteiger partial charge is 0.0486 e. The Morgan fingerprint density at radius 1 is 0.857 bits per heavy atom. The minimum absolute atomic E-state index is 0.938. The lowest BCUT2D eigenvalue weighted by molar-refractivity contribution is 0.801. The maximum atomic E-state index is 4.09. The maximum Gasteiger partial charge on any atom is 0.0486 e. The van der Waals surface area contributed by atoms with Crippen LogP contribution in [-0.2, 0) is 20.6 Å². The Morgan fingerprint density at radius 3 is 2.00 bits per heavy atom. The number of nitrogens with zero attached hydrogens (tertiary/aromatic N) is 3. The molecule has 0 atom stereocenters. The summed E-state index contributed by atoms with van der Waals surface area (Å²) < 4.78 is 4.45. The molecule has 4 heteroatoms. The zero-order valence-corrected chi connectivity index (χ0v) is 17.7. The zero-order chi connectivity index (χ0) is 20.3. The molecular weight excluding hydrogens is 344 g/mol. The lowest BCUT2D eigenvalue weighted by Gasteiger charge is -2.00. The Balaban J connectivity index is 0.000000161. The SMILES string of the molecule is C/N=C\c1c(C)n(C)c2ccccc12.CNCc1c(C)n(C)c2ccccc12. The van der Waals surface area contributed by atoms with Crippen molar-refractivity contribution in [1.29, 1.82) is 0 Å². The number of aliphatic imine (C=N–C) groups is 1. The Labute approximate surface area is 167 Å². The lowest BCUT2D eigenvalue weighted by atomic mass is 10.1. The van der Waals surface area contributed by atoms with Gasteiger partial charge >= 0.3 is 0 Å². The molecule has 0 saturated heterocycles. The minimum atomic E-state index is 0.938. The second-order valence-electron chi connectivity index (χ2n) is 7.13. The molecule has 0 bridgehead atoms. The van der Waals surface area contributed by atoms with Crippen LogP contribution in [0.5, 0.6) is 0 Å². The van der Waals surface area contributed by atoms with Crippen molar-refractivity contribution in [3.05, 3.63) is 71.0 Å². The van der Waals surface area contributed by atoms with Crippen LogP contribution in [0.1, 0.15) is 22.5 Å². The number of rotatable bonds is 3. The lowest BCUT2D eigenvalue weighted by Crippen LogP contribution is -2.06. The molecule has 0 saturated carbocycles. The summed E-state index contributed by atoms with van der Waals surface area (Å²) in [6.45, 7) is 5.23. The summed E-state index contributed by atoms with van der Waals surface area (Å²) in [5.74, 6) is 0. The summed E-state index contributed by atoms with van der Waals surface area (Å²) in [7, 11) is 8.00. The Kier molecular flexibility index (Phi) is 6.00. The van der Waals surface area contributed by atoms with Gasteiger partial charge in [0, 0.05) is 72.7 Å². The van der Waals surface area contributed by atoms with Crippen molar-refractivity contribution in [2.45, 2.75) is 20.4 Å². The number of aromatic nitrogens is 2. The third-order valence-electron chi connectivity index (χ3n) is 5.59. The molecule has 2 heterocycles. The third kappa shape index (κ3) is 3.48. The summed E-state index contributed by atoms with van der Waals surface area (Å²) in [4.78, 5) is 4.09. The molecule has 2 aromatic carbocycles. The van der Waals surface area contributed by atoms with Gasteiger partial charge < -0.3 is 14.5 Å². The molecule has 0 aliphatic carbocycles. The van der Waals surface area contributed by atoms with E-state index < -0.39 is 0 Å². The van der Waals surface area contributed by atoms with Crippen molar-refractivity contribution in [3.63, 3.8) is 0 Å². The molecule has 4 nitrogen and oxygen atoms in total. The number of benzene rings is 2.